The molecule has 29 heavy (non-hydrogen) atoms. The standard InChI is InChI=1S/C21H28N6O2/c1-16-6-4-7-17(14-16)26-12-10-25(11-13-26)8-5-9-27-15-22-19-18(27)20(28)24(3)21(29)23(19)2/h4,6-7,14-15H,5,8-13H2,1-3H3. The van der Waals surface area contributed by atoms with Crippen LogP contribution in [0.3, 0.4) is 0 Å². The monoisotopic (exact) mass is 396 g/mol. The first-order valence-corrected chi connectivity index (χ1v) is 10.1. The molecule has 2 aromatic heterocycles. The van der Waals surface area contributed by atoms with Gasteiger partial charge in [0.15, 0.2) is 11.2 Å². The second kappa shape index (κ2) is 7.87. The molecule has 0 N–H and O–H groups in total. The van der Waals surface area contributed by atoms with Gasteiger partial charge < -0.3 is 9.47 Å². The number of rotatable bonds is 5. The predicted molar refractivity (Wildman–Crippen MR) is 115 cm³/mol. The quantitative estimate of drug-likeness (QED) is 0.643. The Morgan fingerprint density at radius 3 is 2.48 bits per heavy atom. The molecule has 154 valence electrons. The van der Waals surface area contributed by atoms with Crippen LogP contribution in [0.15, 0.2) is 40.2 Å². The van der Waals surface area contributed by atoms with Gasteiger partial charge >= 0.3 is 5.69 Å². The number of aromatic nitrogens is 4. The average Bonchev–Trinajstić information content (AvgIpc) is 3.15. The van der Waals surface area contributed by atoms with Crippen molar-refractivity contribution in [3.63, 3.8) is 0 Å². The molecule has 1 aromatic carbocycles. The van der Waals surface area contributed by atoms with E-state index in [9.17, 15) is 9.59 Å². The third-order valence-corrected chi connectivity index (χ3v) is 5.83. The number of hydrogen-bond donors (Lipinski definition) is 0. The molecule has 0 amide bonds. The van der Waals surface area contributed by atoms with E-state index in [4.69, 9.17) is 0 Å². The minimum atomic E-state index is -0.348. The zero-order valence-electron chi connectivity index (χ0n) is 17.3. The number of fused-ring (bicyclic) bond motifs is 1. The van der Waals surface area contributed by atoms with Crippen molar-refractivity contribution < 1.29 is 0 Å². The highest BCUT2D eigenvalue weighted by Crippen LogP contribution is 2.18. The zero-order chi connectivity index (χ0) is 20.5. The van der Waals surface area contributed by atoms with Gasteiger partial charge in [0.05, 0.1) is 6.33 Å². The zero-order valence-corrected chi connectivity index (χ0v) is 17.3. The third kappa shape index (κ3) is 3.72. The fourth-order valence-corrected chi connectivity index (χ4v) is 4.09. The number of imidazole rings is 1. The largest absolute Gasteiger partial charge is 0.369 e. The maximum Gasteiger partial charge on any atom is 0.332 e. The Hall–Kier alpha value is -2.87. The van der Waals surface area contributed by atoms with E-state index in [1.165, 1.54) is 22.9 Å². The summed E-state index contributed by atoms with van der Waals surface area (Å²) in [4.78, 5) is 33.8. The van der Waals surface area contributed by atoms with Gasteiger partial charge in [-0.05, 0) is 37.6 Å². The molecular weight excluding hydrogens is 368 g/mol. The van der Waals surface area contributed by atoms with Gasteiger partial charge in [-0.1, -0.05) is 12.1 Å². The molecule has 1 saturated heterocycles. The van der Waals surface area contributed by atoms with Crippen molar-refractivity contribution in [1.29, 1.82) is 0 Å². The SMILES string of the molecule is Cc1cccc(N2CCN(CCCn3cnc4c3c(=O)n(C)c(=O)n4C)CC2)c1. The predicted octanol–water partition coefficient (Wildman–Crippen LogP) is 0.954. The van der Waals surface area contributed by atoms with Crippen LogP contribution in [0.25, 0.3) is 11.2 Å². The van der Waals surface area contributed by atoms with Crippen LogP contribution >= 0.6 is 0 Å². The van der Waals surface area contributed by atoms with E-state index < -0.39 is 0 Å². The molecule has 0 radical (unpaired) electrons. The molecule has 0 atom stereocenters. The Morgan fingerprint density at radius 1 is 1.00 bits per heavy atom. The molecule has 0 spiro atoms. The molecular formula is C21H28N6O2. The first-order chi connectivity index (χ1) is 14.0. The molecule has 0 unspecified atom stereocenters. The maximum absolute atomic E-state index is 12.5. The van der Waals surface area contributed by atoms with Gasteiger partial charge in [-0.25, -0.2) is 9.78 Å². The van der Waals surface area contributed by atoms with Gasteiger partial charge in [-0.15, -0.1) is 0 Å². The minimum Gasteiger partial charge on any atom is -0.369 e. The van der Waals surface area contributed by atoms with Crippen LogP contribution < -0.4 is 16.1 Å². The van der Waals surface area contributed by atoms with Crippen LogP contribution in [0, 0.1) is 6.92 Å². The molecule has 1 aliphatic heterocycles. The van der Waals surface area contributed by atoms with Crippen molar-refractivity contribution in [2.24, 2.45) is 14.1 Å². The van der Waals surface area contributed by atoms with E-state index in [-0.39, 0.29) is 11.2 Å². The molecule has 1 aliphatic rings. The molecule has 3 aromatic rings. The van der Waals surface area contributed by atoms with Gasteiger partial charge in [0, 0.05) is 52.5 Å². The summed E-state index contributed by atoms with van der Waals surface area (Å²) < 4.78 is 4.45. The lowest BCUT2D eigenvalue weighted by Crippen LogP contribution is -2.46. The summed E-state index contributed by atoms with van der Waals surface area (Å²) in [6, 6.07) is 8.67. The summed E-state index contributed by atoms with van der Waals surface area (Å²) in [5.74, 6) is 0. The summed E-state index contributed by atoms with van der Waals surface area (Å²) in [5, 5.41) is 0. The number of nitrogens with zero attached hydrogens (tertiary/aromatic N) is 6. The maximum atomic E-state index is 12.5. The van der Waals surface area contributed by atoms with Crippen molar-refractivity contribution >= 4 is 16.9 Å². The lowest BCUT2D eigenvalue weighted by molar-refractivity contribution is 0.251. The molecule has 4 rings (SSSR count). The molecule has 3 heterocycles. The van der Waals surface area contributed by atoms with Crippen LogP contribution in [0.5, 0.6) is 0 Å². The molecule has 8 heteroatoms. The van der Waals surface area contributed by atoms with Crippen LogP contribution in [-0.2, 0) is 20.6 Å². The van der Waals surface area contributed by atoms with E-state index in [0.717, 1.165) is 43.7 Å². The number of anilines is 1. The van der Waals surface area contributed by atoms with E-state index in [1.54, 1.807) is 13.4 Å². The van der Waals surface area contributed by atoms with Gasteiger partial charge in [0.2, 0.25) is 0 Å². The van der Waals surface area contributed by atoms with E-state index in [2.05, 4.69) is 46.0 Å². The van der Waals surface area contributed by atoms with Crippen LogP contribution in [-0.4, -0.2) is 56.3 Å². The summed E-state index contributed by atoms with van der Waals surface area (Å²) in [6.07, 6.45) is 2.60. The van der Waals surface area contributed by atoms with Gasteiger partial charge in [0.1, 0.15) is 0 Å². The Labute approximate surface area is 169 Å². The summed E-state index contributed by atoms with van der Waals surface area (Å²) in [6.45, 7) is 7.95. The van der Waals surface area contributed by atoms with E-state index in [0.29, 0.717) is 17.7 Å². The Kier molecular flexibility index (Phi) is 5.27. The second-order valence-corrected chi connectivity index (χ2v) is 7.84. The van der Waals surface area contributed by atoms with Crippen molar-refractivity contribution in [2.75, 3.05) is 37.6 Å². The van der Waals surface area contributed by atoms with Crippen molar-refractivity contribution in [3.05, 3.63) is 57.0 Å². The molecule has 8 nitrogen and oxygen atoms in total. The van der Waals surface area contributed by atoms with Gasteiger partial charge in [-0.3, -0.25) is 18.8 Å². The molecule has 0 aliphatic carbocycles. The Balaban J connectivity index is 1.36. The number of aryl methyl sites for hydroxylation is 3. The smallest absolute Gasteiger partial charge is 0.332 e. The highest BCUT2D eigenvalue weighted by molar-refractivity contribution is 5.69. The van der Waals surface area contributed by atoms with Gasteiger partial charge in [0.25, 0.3) is 5.56 Å². The number of hydrogen-bond acceptors (Lipinski definition) is 5. The normalized spacial score (nSPS) is 15.3. The number of piperazine rings is 1. The Morgan fingerprint density at radius 2 is 1.76 bits per heavy atom. The summed E-state index contributed by atoms with van der Waals surface area (Å²) in [5.41, 5.74) is 2.91. The third-order valence-electron chi connectivity index (χ3n) is 5.83. The van der Waals surface area contributed by atoms with Crippen LogP contribution in [0.4, 0.5) is 5.69 Å². The lowest BCUT2D eigenvalue weighted by atomic mass is 10.2. The van der Waals surface area contributed by atoms with Crippen molar-refractivity contribution in [1.82, 2.24) is 23.6 Å². The summed E-state index contributed by atoms with van der Waals surface area (Å²) in [7, 11) is 3.16. The molecule has 0 bridgehead atoms. The first kappa shape index (κ1) is 19.4. The highest BCUT2D eigenvalue weighted by atomic mass is 16.2. The summed E-state index contributed by atoms with van der Waals surface area (Å²) >= 11 is 0. The van der Waals surface area contributed by atoms with Crippen molar-refractivity contribution in [2.45, 2.75) is 19.9 Å². The van der Waals surface area contributed by atoms with E-state index >= 15 is 0 Å². The lowest BCUT2D eigenvalue weighted by Gasteiger charge is -2.36. The van der Waals surface area contributed by atoms with Crippen molar-refractivity contribution in [3.8, 4) is 0 Å². The van der Waals surface area contributed by atoms with Crippen LogP contribution in [0.1, 0.15) is 12.0 Å². The topological polar surface area (TPSA) is 68.3 Å². The second-order valence-electron chi connectivity index (χ2n) is 7.84. The fourth-order valence-electron chi connectivity index (χ4n) is 4.09. The average molecular weight is 396 g/mol. The molecule has 1 fully saturated rings. The minimum absolute atomic E-state index is 0.285. The van der Waals surface area contributed by atoms with Gasteiger partial charge in [-0.2, -0.15) is 0 Å². The highest BCUT2D eigenvalue weighted by Gasteiger charge is 2.18. The number of benzene rings is 1. The fraction of sp³-hybridized carbons (Fsp3) is 0.476. The van der Waals surface area contributed by atoms with E-state index in [1.807, 2.05) is 4.57 Å². The Bertz CT molecular complexity index is 1130. The van der Waals surface area contributed by atoms with Crippen LogP contribution in [0.2, 0.25) is 0 Å². The first-order valence-electron chi connectivity index (χ1n) is 10.1. The molecule has 0 saturated carbocycles.